The summed E-state index contributed by atoms with van der Waals surface area (Å²) in [7, 11) is 0. The molecule has 9 nitrogen and oxygen atoms in total. The van der Waals surface area contributed by atoms with E-state index in [1.165, 1.54) is 4.68 Å². The van der Waals surface area contributed by atoms with Gasteiger partial charge in [0.25, 0.3) is 5.91 Å². The molecule has 0 bridgehead atoms. The van der Waals surface area contributed by atoms with Crippen molar-refractivity contribution in [2.45, 2.75) is 20.4 Å². The van der Waals surface area contributed by atoms with Crippen molar-refractivity contribution < 1.29 is 9.72 Å². The van der Waals surface area contributed by atoms with Gasteiger partial charge in [-0.3, -0.25) is 24.7 Å². The molecule has 0 aliphatic heterocycles. The number of hydrogen-bond acceptors (Lipinski definition) is 5. The minimum atomic E-state index is -0.453. The van der Waals surface area contributed by atoms with E-state index in [0.29, 0.717) is 27.0 Å². The average Bonchev–Trinajstić information content (AvgIpc) is 2.91. The second-order valence-corrected chi connectivity index (χ2v) is 6.04. The summed E-state index contributed by atoms with van der Waals surface area (Å²) in [5, 5.41) is 24.2. The van der Waals surface area contributed by atoms with Crippen LogP contribution < -0.4 is 5.32 Å². The average molecular weight is 436 g/mol. The molecule has 0 fully saturated rings. The first-order chi connectivity index (χ1) is 10.3. The molecule has 0 atom stereocenters. The number of hydrogen-bond donors (Lipinski definition) is 2. The fraction of sp³-hybridized carbons (Fsp3) is 0.364. The second kappa shape index (κ2) is 6.57. The van der Waals surface area contributed by atoms with E-state index in [-0.39, 0.29) is 23.8 Å². The molecule has 0 unspecified atom stereocenters. The maximum atomic E-state index is 12.0. The highest BCUT2D eigenvalue weighted by Crippen LogP contribution is 2.24. The maximum absolute atomic E-state index is 12.0. The lowest BCUT2D eigenvalue weighted by Crippen LogP contribution is -2.28. The van der Waals surface area contributed by atoms with E-state index in [9.17, 15) is 14.9 Å². The number of amides is 1. The summed E-state index contributed by atoms with van der Waals surface area (Å²) < 4.78 is 2.61. The highest BCUT2D eigenvalue weighted by atomic mass is 79.9. The third-order valence-electron chi connectivity index (χ3n) is 3.02. The van der Waals surface area contributed by atoms with Crippen LogP contribution in [0.4, 0.5) is 5.69 Å². The van der Waals surface area contributed by atoms with E-state index in [2.05, 4.69) is 52.5 Å². The third-order valence-corrected chi connectivity index (χ3v) is 4.89. The van der Waals surface area contributed by atoms with Gasteiger partial charge in [0.15, 0.2) is 5.69 Å². The first-order valence-corrected chi connectivity index (χ1v) is 7.77. The predicted molar refractivity (Wildman–Crippen MR) is 84.7 cm³/mol. The smallest absolute Gasteiger partial charge is 0.312 e. The molecular weight excluding hydrogens is 424 g/mol. The zero-order valence-electron chi connectivity index (χ0n) is 11.7. The topological polar surface area (TPSA) is 119 Å². The number of carbonyl (C=O) groups excluding carboxylic acids is 1. The summed E-state index contributed by atoms with van der Waals surface area (Å²) in [5.41, 5.74) is 1.05. The number of H-pyrrole nitrogens is 1. The van der Waals surface area contributed by atoms with Crippen LogP contribution in [0.15, 0.2) is 9.08 Å². The Morgan fingerprint density at radius 3 is 2.64 bits per heavy atom. The Labute approximate surface area is 141 Å². The summed E-state index contributed by atoms with van der Waals surface area (Å²) in [6, 6.07) is 0. The monoisotopic (exact) mass is 434 g/mol. The fourth-order valence-corrected chi connectivity index (χ4v) is 2.62. The molecule has 2 rings (SSSR count). The van der Waals surface area contributed by atoms with E-state index >= 15 is 0 Å². The molecule has 2 aromatic rings. The summed E-state index contributed by atoms with van der Waals surface area (Å²) in [4.78, 5) is 22.4. The molecule has 1 amide bonds. The molecule has 2 aromatic heterocycles. The number of aryl methyl sites for hydroxylation is 1. The highest BCUT2D eigenvalue weighted by molar-refractivity contribution is 9.13. The molecule has 22 heavy (non-hydrogen) atoms. The first-order valence-electron chi connectivity index (χ1n) is 6.19. The number of nitrogens with zero attached hydrogens (tertiary/aromatic N) is 4. The van der Waals surface area contributed by atoms with Crippen molar-refractivity contribution in [3.8, 4) is 0 Å². The Kier molecular flexibility index (Phi) is 4.96. The fourth-order valence-electron chi connectivity index (χ4n) is 1.99. The largest absolute Gasteiger partial charge is 0.349 e. The van der Waals surface area contributed by atoms with Gasteiger partial charge in [0, 0.05) is 6.54 Å². The number of nitrogens with one attached hydrogen (secondary N) is 2. The van der Waals surface area contributed by atoms with Gasteiger partial charge in [-0.2, -0.15) is 10.2 Å². The van der Waals surface area contributed by atoms with Crippen molar-refractivity contribution in [2.24, 2.45) is 0 Å². The number of aromatic amines is 1. The van der Waals surface area contributed by atoms with Gasteiger partial charge in [-0.15, -0.1) is 0 Å². The number of nitro groups is 1. The molecule has 0 aliphatic rings. The summed E-state index contributed by atoms with van der Waals surface area (Å²) in [6.07, 6.45) is 0. The lowest BCUT2D eigenvalue weighted by atomic mass is 10.3. The van der Waals surface area contributed by atoms with Crippen molar-refractivity contribution in [3.05, 3.63) is 36.3 Å². The van der Waals surface area contributed by atoms with Gasteiger partial charge in [0.1, 0.15) is 16.0 Å². The van der Waals surface area contributed by atoms with E-state index < -0.39 is 4.92 Å². The molecule has 11 heteroatoms. The Bertz CT molecular complexity index is 739. The lowest BCUT2D eigenvalue weighted by molar-refractivity contribution is -0.386. The van der Waals surface area contributed by atoms with Crippen molar-refractivity contribution in [2.75, 3.05) is 6.54 Å². The van der Waals surface area contributed by atoms with Crippen LogP contribution in [0.5, 0.6) is 0 Å². The molecule has 0 saturated heterocycles. The molecule has 0 aromatic carbocycles. The van der Waals surface area contributed by atoms with E-state index in [0.717, 1.165) is 0 Å². The quantitative estimate of drug-likeness (QED) is 0.550. The maximum Gasteiger partial charge on any atom is 0.312 e. The van der Waals surface area contributed by atoms with Crippen LogP contribution >= 0.6 is 31.9 Å². The molecule has 0 saturated carbocycles. The molecule has 0 aliphatic carbocycles. The van der Waals surface area contributed by atoms with Crippen LogP contribution in [0, 0.1) is 24.0 Å². The van der Waals surface area contributed by atoms with Crippen molar-refractivity contribution in [1.29, 1.82) is 0 Å². The van der Waals surface area contributed by atoms with Crippen molar-refractivity contribution >= 4 is 43.5 Å². The van der Waals surface area contributed by atoms with Crippen LogP contribution in [0.3, 0.4) is 0 Å². The van der Waals surface area contributed by atoms with Gasteiger partial charge in [-0.1, -0.05) is 0 Å². The third kappa shape index (κ3) is 3.19. The number of rotatable bonds is 5. The Balaban J connectivity index is 2.00. The molecule has 118 valence electrons. The number of carbonyl (C=O) groups is 1. The standard InChI is InChI=1S/C11H12Br2N6O3/c1-5-9(19(21)22)6(2)18(17-5)4-3-14-11(20)8-7(12)10(13)16-15-8/h3-4H2,1-2H3,(H,14,20)(H,15,16). The van der Waals surface area contributed by atoms with Crippen molar-refractivity contribution in [3.63, 3.8) is 0 Å². The van der Waals surface area contributed by atoms with Gasteiger partial charge in [0.05, 0.1) is 15.9 Å². The Hall–Kier alpha value is -1.75. The molecule has 2 heterocycles. The van der Waals surface area contributed by atoms with Crippen LogP contribution in [-0.4, -0.2) is 37.4 Å². The highest BCUT2D eigenvalue weighted by Gasteiger charge is 2.22. The van der Waals surface area contributed by atoms with Gasteiger partial charge in [-0.25, -0.2) is 0 Å². The summed E-state index contributed by atoms with van der Waals surface area (Å²) >= 11 is 6.43. The lowest BCUT2D eigenvalue weighted by Gasteiger charge is -2.05. The predicted octanol–water partition coefficient (Wildman–Crippen LogP) is 2.09. The Morgan fingerprint density at radius 2 is 2.14 bits per heavy atom. The van der Waals surface area contributed by atoms with Crippen LogP contribution in [0.25, 0.3) is 0 Å². The zero-order chi connectivity index (χ0) is 16.4. The van der Waals surface area contributed by atoms with E-state index in [1.54, 1.807) is 13.8 Å². The normalized spacial score (nSPS) is 10.7. The zero-order valence-corrected chi connectivity index (χ0v) is 14.9. The second-order valence-electron chi connectivity index (χ2n) is 4.46. The van der Waals surface area contributed by atoms with E-state index in [1.807, 2.05) is 0 Å². The summed E-state index contributed by atoms with van der Waals surface area (Å²) in [5.74, 6) is -0.357. The molecule has 0 spiro atoms. The van der Waals surface area contributed by atoms with Gasteiger partial charge in [0.2, 0.25) is 0 Å². The first kappa shape index (κ1) is 16.6. The molecular formula is C11H12Br2N6O3. The van der Waals surface area contributed by atoms with Crippen LogP contribution in [-0.2, 0) is 6.54 Å². The van der Waals surface area contributed by atoms with Gasteiger partial charge >= 0.3 is 5.69 Å². The van der Waals surface area contributed by atoms with E-state index in [4.69, 9.17) is 0 Å². The SMILES string of the molecule is Cc1nn(CCNC(=O)c2n[nH]c(Br)c2Br)c(C)c1[N+](=O)[O-]. The Morgan fingerprint density at radius 1 is 1.45 bits per heavy atom. The minimum absolute atomic E-state index is 0.00491. The van der Waals surface area contributed by atoms with Gasteiger partial charge in [-0.05, 0) is 45.7 Å². The number of aromatic nitrogens is 4. The van der Waals surface area contributed by atoms with Crippen LogP contribution in [0.1, 0.15) is 21.9 Å². The van der Waals surface area contributed by atoms with Gasteiger partial charge < -0.3 is 5.32 Å². The number of halogens is 2. The summed E-state index contributed by atoms with van der Waals surface area (Å²) in [6.45, 7) is 3.81. The van der Waals surface area contributed by atoms with Crippen molar-refractivity contribution in [1.82, 2.24) is 25.3 Å². The van der Waals surface area contributed by atoms with Crippen LogP contribution in [0.2, 0.25) is 0 Å². The molecule has 2 N–H and O–H groups in total. The molecule has 0 radical (unpaired) electrons. The minimum Gasteiger partial charge on any atom is -0.349 e.